The van der Waals surface area contributed by atoms with Crippen molar-refractivity contribution in [3.8, 4) is 0 Å². The zero-order valence-corrected chi connectivity index (χ0v) is 12.9. The highest BCUT2D eigenvalue weighted by atomic mass is 35.5. The third kappa shape index (κ3) is 3.56. The Morgan fingerprint density at radius 1 is 0.947 bits per heavy atom. The first-order chi connectivity index (χ1) is 8.97. The minimum absolute atomic E-state index is 0.0612. The van der Waals surface area contributed by atoms with Crippen LogP contribution in [0.15, 0.2) is 36.4 Å². The lowest BCUT2D eigenvalue weighted by molar-refractivity contribution is 0.883. The molecule has 0 saturated carbocycles. The summed E-state index contributed by atoms with van der Waals surface area (Å²) < 4.78 is 0. The molecular weight excluding hydrogens is 301 g/mol. The minimum Gasteiger partial charge on any atom is -0.378 e. The lowest BCUT2D eigenvalue weighted by Gasteiger charge is -2.19. The predicted octanol–water partition coefficient (Wildman–Crippen LogP) is 6.13. The second kappa shape index (κ2) is 6.04. The van der Waals surface area contributed by atoms with E-state index in [9.17, 15) is 0 Å². The molecule has 4 heteroatoms. The molecular formula is C15H14Cl3N. The molecule has 0 amide bonds. The Labute approximate surface area is 128 Å². The zero-order chi connectivity index (χ0) is 14.0. The van der Waals surface area contributed by atoms with Crippen LogP contribution >= 0.6 is 34.8 Å². The number of aryl methyl sites for hydroxylation is 1. The molecule has 1 atom stereocenters. The molecule has 0 fully saturated rings. The van der Waals surface area contributed by atoms with Crippen LogP contribution in [0.2, 0.25) is 15.1 Å². The van der Waals surface area contributed by atoms with Gasteiger partial charge in [-0.2, -0.15) is 0 Å². The standard InChI is InChI=1S/C15H14Cl3N/c1-9-7-11(16)4-6-15(9)19-10(2)13-8-12(17)3-5-14(13)18/h3-8,10,19H,1-2H3. The quantitative estimate of drug-likeness (QED) is 0.718. The van der Waals surface area contributed by atoms with Gasteiger partial charge in [-0.25, -0.2) is 0 Å². The van der Waals surface area contributed by atoms with E-state index >= 15 is 0 Å². The average molecular weight is 315 g/mol. The van der Waals surface area contributed by atoms with Crippen LogP contribution in [0.25, 0.3) is 0 Å². The van der Waals surface area contributed by atoms with Gasteiger partial charge in [0.15, 0.2) is 0 Å². The molecule has 0 aliphatic rings. The number of hydrogen-bond donors (Lipinski definition) is 1. The maximum absolute atomic E-state index is 6.20. The Kier molecular flexibility index (Phi) is 4.62. The summed E-state index contributed by atoms with van der Waals surface area (Å²) in [4.78, 5) is 0. The molecule has 0 heterocycles. The molecule has 2 aromatic carbocycles. The summed E-state index contributed by atoms with van der Waals surface area (Å²) in [5, 5.41) is 5.54. The molecule has 1 unspecified atom stereocenters. The van der Waals surface area contributed by atoms with Crippen molar-refractivity contribution in [2.45, 2.75) is 19.9 Å². The van der Waals surface area contributed by atoms with E-state index in [4.69, 9.17) is 34.8 Å². The highest BCUT2D eigenvalue weighted by Gasteiger charge is 2.11. The van der Waals surface area contributed by atoms with Gasteiger partial charge in [-0.15, -0.1) is 0 Å². The fourth-order valence-corrected chi connectivity index (χ4v) is 2.63. The molecule has 0 aliphatic heterocycles. The molecule has 2 aromatic rings. The molecule has 0 aromatic heterocycles. The lowest BCUT2D eigenvalue weighted by atomic mass is 10.1. The number of rotatable bonds is 3. The van der Waals surface area contributed by atoms with Crippen LogP contribution in [0.1, 0.15) is 24.1 Å². The van der Waals surface area contributed by atoms with Crippen molar-refractivity contribution in [3.05, 3.63) is 62.6 Å². The molecule has 1 nitrogen and oxygen atoms in total. The highest BCUT2D eigenvalue weighted by molar-refractivity contribution is 6.33. The normalized spacial score (nSPS) is 12.3. The first-order valence-electron chi connectivity index (χ1n) is 5.95. The van der Waals surface area contributed by atoms with Crippen LogP contribution in [-0.4, -0.2) is 0 Å². The van der Waals surface area contributed by atoms with Gasteiger partial charge in [0.1, 0.15) is 0 Å². The van der Waals surface area contributed by atoms with E-state index in [1.165, 1.54) is 0 Å². The van der Waals surface area contributed by atoms with E-state index in [0.29, 0.717) is 10.0 Å². The van der Waals surface area contributed by atoms with E-state index in [-0.39, 0.29) is 6.04 Å². The largest absolute Gasteiger partial charge is 0.378 e. The van der Waals surface area contributed by atoms with Gasteiger partial charge in [0, 0.05) is 20.8 Å². The number of hydrogen-bond acceptors (Lipinski definition) is 1. The smallest absolute Gasteiger partial charge is 0.0501 e. The van der Waals surface area contributed by atoms with Crippen molar-refractivity contribution in [1.82, 2.24) is 0 Å². The van der Waals surface area contributed by atoms with Crippen LogP contribution in [0, 0.1) is 6.92 Å². The average Bonchev–Trinajstić information content (AvgIpc) is 2.35. The van der Waals surface area contributed by atoms with Crippen LogP contribution < -0.4 is 5.32 Å². The third-order valence-corrected chi connectivity index (χ3v) is 3.80. The molecule has 1 N–H and O–H groups in total. The molecule has 0 bridgehead atoms. The molecule has 0 radical (unpaired) electrons. The van der Waals surface area contributed by atoms with Crippen molar-refractivity contribution in [2.75, 3.05) is 5.32 Å². The van der Waals surface area contributed by atoms with Gasteiger partial charge in [-0.1, -0.05) is 34.8 Å². The second-order valence-electron chi connectivity index (χ2n) is 4.49. The number of anilines is 1. The maximum atomic E-state index is 6.20. The van der Waals surface area contributed by atoms with Crippen molar-refractivity contribution in [3.63, 3.8) is 0 Å². The van der Waals surface area contributed by atoms with Gasteiger partial charge in [0.25, 0.3) is 0 Å². The van der Waals surface area contributed by atoms with Crippen LogP contribution in [0.5, 0.6) is 0 Å². The summed E-state index contributed by atoms with van der Waals surface area (Å²) in [6.45, 7) is 4.06. The van der Waals surface area contributed by atoms with Crippen LogP contribution in [0.3, 0.4) is 0 Å². The van der Waals surface area contributed by atoms with Crippen LogP contribution in [0.4, 0.5) is 5.69 Å². The Morgan fingerprint density at radius 3 is 2.26 bits per heavy atom. The van der Waals surface area contributed by atoms with Gasteiger partial charge < -0.3 is 5.32 Å². The van der Waals surface area contributed by atoms with Crippen molar-refractivity contribution in [1.29, 1.82) is 0 Å². The van der Waals surface area contributed by atoms with E-state index in [2.05, 4.69) is 5.32 Å². The highest BCUT2D eigenvalue weighted by Crippen LogP contribution is 2.30. The molecule has 19 heavy (non-hydrogen) atoms. The summed E-state index contributed by atoms with van der Waals surface area (Å²) in [5.41, 5.74) is 3.11. The summed E-state index contributed by atoms with van der Waals surface area (Å²) in [7, 11) is 0. The molecule has 0 aliphatic carbocycles. The Bertz CT molecular complexity index is 596. The Morgan fingerprint density at radius 2 is 1.58 bits per heavy atom. The minimum atomic E-state index is 0.0612. The summed E-state index contributed by atoms with van der Waals surface area (Å²) >= 11 is 18.2. The van der Waals surface area contributed by atoms with E-state index in [1.54, 1.807) is 6.07 Å². The first-order valence-corrected chi connectivity index (χ1v) is 7.08. The first kappa shape index (κ1) is 14.5. The summed E-state index contributed by atoms with van der Waals surface area (Å²) in [5.74, 6) is 0. The molecule has 0 saturated heterocycles. The number of halogens is 3. The third-order valence-electron chi connectivity index (χ3n) is 2.99. The second-order valence-corrected chi connectivity index (χ2v) is 5.77. The van der Waals surface area contributed by atoms with Crippen LogP contribution in [-0.2, 0) is 0 Å². The van der Waals surface area contributed by atoms with Gasteiger partial charge in [-0.05, 0) is 61.4 Å². The number of nitrogens with one attached hydrogen (secondary N) is 1. The van der Waals surface area contributed by atoms with Gasteiger partial charge in [0.2, 0.25) is 0 Å². The topological polar surface area (TPSA) is 12.0 Å². The fraction of sp³-hybridized carbons (Fsp3) is 0.200. The monoisotopic (exact) mass is 313 g/mol. The van der Waals surface area contributed by atoms with E-state index < -0.39 is 0 Å². The molecule has 0 spiro atoms. The maximum Gasteiger partial charge on any atom is 0.0501 e. The molecule has 100 valence electrons. The summed E-state index contributed by atoms with van der Waals surface area (Å²) in [6.07, 6.45) is 0. The lowest BCUT2D eigenvalue weighted by Crippen LogP contribution is -2.08. The predicted molar refractivity (Wildman–Crippen MR) is 84.7 cm³/mol. The van der Waals surface area contributed by atoms with Gasteiger partial charge in [0.05, 0.1) is 6.04 Å². The van der Waals surface area contributed by atoms with E-state index in [0.717, 1.165) is 21.8 Å². The van der Waals surface area contributed by atoms with Gasteiger partial charge >= 0.3 is 0 Å². The zero-order valence-electron chi connectivity index (χ0n) is 10.7. The van der Waals surface area contributed by atoms with Gasteiger partial charge in [-0.3, -0.25) is 0 Å². The van der Waals surface area contributed by atoms with E-state index in [1.807, 2.05) is 44.2 Å². The Balaban J connectivity index is 2.25. The van der Waals surface area contributed by atoms with Crippen molar-refractivity contribution < 1.29 is 0 Å². The Hall–Kier alpha value is -0.890. The van der Waals surface area contributed by atoms with Crippen molar-refractivity contribution in [2.24, 2.45) is 0 Å². The summed E-state index contributed by atoms with van der Waals surface area (Å²) in [6, 6.07) is 11.3. The molecule has 2 rings (SSSR count). The number of benzene rings is 2. The van der Waals surface area contributed by atoms with Crippen molar-refractivity contribution >= 4 is 40.5 Å². The SMILES string of the molecule is Cc1cc(Cl)ccc1NC(C)c1cc(Cl)ccc1Cl. The fourth-order valence-electron chi connectivity index (χ4n) is 1.95.